The molecule has 0 unspecified atom stereocenters. The summed E-state index contributed by atoms with van der Waals surface area (Å²) in [7, 11) is 0.256. The molecule has 15 heteroatoms. The molecule has 0 bridgehead atoms. The second-order valence-electron chi connectivity index (χ2n) is 9.75. The van der Waals surface area contributed by atoms with Crippen molar-refractivity contribution >= 4 is 38.6 Å². The molecule has 0 aliphatic carbocycles. The quantitative estimate of drug-likeness (QED) is 0.0717. The molecule has 0 aliphatic heterocycles. The number of carbonyl (C=O) groups excluding carboxylic acids is 2. The number of benzene rings is 3. The third-order valence-electron chi connectivity index (χ3n) is 6.81. The second-order valence-corrected chi connectivity index (χ2v) is 11.5. The van der Waals surface area contributed by atoms with Crippen molar-refractivity contribution < 1.29 is 32.2 Å². The summed E-state index contributed by atoms with van der Waals surface area (Å²) in [6.07, 6.45) is 0.548. The molecule has 3 rings (SSSR count). The first-order valence-corrected chi connectivity index (χ1v) is 15.4. The maximum Gasteiger partial charge on any atom is 0.329 e. The maximum absolute atomic E-state index is 13.9. The number of rotatable bonds is 15. The number of carbonyl (C=O) groups is 2. The van der Waals surface area contributed by atoms with Gasteiger partial charge in [-0.3, -0.25) is 9.79 Å². The van der Waals surface area contributed by atoms with Gasteiger partial charge in [-0.25, -0.2) is 13.2 Å². The zero-order chi connectivity index (χ0) is 33.6. The van der Waals surface area contributed by atoms with Gasteiger partial charge in [0.15, 0.2) is 17.5 Å². The molecule has 0 saturated heterocycles. The van der Waals surface area contributed by atoms with E-state index in [1.807, 2.05) is 30.3 Å². The number of nitrogens with zero attached hydrogens (tertiary/aromatic N) is 4. The van der Waals surface area contributed by atoms with Crippen LogP contribution in [-0.4, -0.2) is 77.7 Å². The third kappa shape index (κ3) is 10.1. The molecular weight excluding hydrogens is 602 g/mol. The molecular formula is C30H39N7O7S. The lowest BCUT2D eigenvalue weighted by molar-refractivity contribution is -0.154. The average Bonchev–Trinajstić information content (AvgIpc) is 3.04. The number of fused-ring (bicyclic) bond motifs is 1. The van der Waals surface area contributed by atoms with E-state index in [1.165, 1.54) is 38.3 Å². The average molecular weight is 642 g/mol. The van der Waals surface area contributed by atoms with Crippen LogP contribution >= 0.6 is 0 Å². The van der Waals surface area contributed by atoms with Crippen molar-refractivity contribution in [1.82, 2.24) is 9.62 Å². The van der Waals surface area contributed by atoms with Crippen LogP contribution in [0.15, 0.2) is 70.6 Å². The molecule has 2 atom stereocenters. The van der Waals surface area contributed by atoms with Crippen LogP contribution in [-0.2, 0) is 30.8 Å². The highest BCUT2D eigenvalue weighted by molar-refractivity contribution is 7.89. The van der Waals surface area contributed by atoms with Gasteiger partial charge in [-0.1, -0.05) is 36.4 Å². The fraction of sp³-hybridized carbons (Fsp3) is 0.367. The Morgan fingerprint density at radius 1 is 0.978 bits per heavy atom. The minimum Gasteiger partial charge on any atom is -0.493 e. The van der Waals surface area contributed by atoms with Crippen LogP contribution in [0.4, 0.5) is 0 Å². The number of likely N-dealkylation sites (N-methyl/N-ethyl adjacent to an activating group) is 1. The number of hydrogen-bond acceptors (Lipinski definition) is 10. The van der Waals surface area contributed by atoms with Crippen LogP contribution in [0.3, 0.4) is 0 Å². The number of esters is 1. The van der Waals surface area contributed by atoms with E-state index in [-0.39, 0.29) is 36.8 Å². The normalized spacial score (nSPS) is 12.1. The summed E-state index contributed by atoms with van der Waals surface area (Å²) in [6.45, 7) is 1.98. The van der Waals surface area contributed by atoms with Gasteiger partial charge >= 0.3 is 5.97 Å². The number of amides is 1. The van der Waals surface area contributed by atoms with Gasteiger partial charge in [0.2, 0.25) is 15.9 Å². The topological polar surface area (TPSA) is 223 Å². The van der Waals surface area contributed by atoms with E-state index >= 15 is 0 Å². The first-order chi connectivity index (χ1) is 21.5. The van der Waals surface area contributed by atoms with E-state index in [1.54, 1.807) is 25.1 Å². The molecule has 242 valence electrons. The molecule has 3 aromatic rings. The highest BCUT2D eigenvalue weighted by Gasteiger charge is 2.34. The number of hydrogen-bond donors (Lipinski definition) is 3. The van der Waals surface area contributed by atoms with Crippen LogP contribution in [0.25, 0.3) is 10.8 Å². The zero-order valence-corrected chi connectivity index (χ0v) is 26.5. The van der Waals surface area contributed by atoms with Crippen LogP contribution < -0.4 is 25.7 Å². The first kappa shape index (κ1) is 36.3. The summed E-state index contributed by atoms with van der Waals surface area (Å²) in [5.41, 5.74) is 11.7. The van der Waals surface area contributed by atoms with Crippen molar-refractivity contribution in [3.05, 3.63) is 66.2 Å². The smallest absolute Gasteiger partial charge is 0.329 e. The van der Waals surface area contributed by atoms with E-state index in [0.717, 1.165) is 10.9 Å². The molecule has 0 aliphatic rings. The number of ether oxygens (including phenoxy) is 3. The molecule has 0 aromatic heterocycles. The first-order valence-electron chi connectivity index (χ1n) is 13.9. The van der Waals surface area contributed by atoms with Crippen LogP contribution in [0.2, 0.25) is 0 Å². The van der Waals surface area contributed by atoms with Crippen molar-refractivity contribution in [2.75, 3.05) is 34.4 Å². The third-order valence-corrected chi connectivity index (χ3v) is 8.28. The zero-order valence-electron chi connectivity index (χ0n) is 25.7. The SMILES string of the molecule is CCOC(=O)[C@H](Cc1ccccc1)N(C)C(=O)[C@H](CCCN=C(N)N)NS(=O)(=O)c1ccc2cc(OC)c(OC)cc2c1.N#N. The molecule has 0 heterocycles. The molecule has 1 amide bonds. The van der Waals surface area contributed by atoms with E-state index in [9.17, 15) is 18.0 Å². The molecule has 0 saturated carbocycles. The second kappa shape index (κ2) is 17.4. The molecule has 0 radical (unpaired) electrons. The monoisotopic (exact) mass is 641 g/mol. The molecule has 14 nitrogen and oxygen atoms in total. The van der Waals surface area contributed by atoms with Crippen molar-refractivity contribution in [2.45, 2.75) is 43.2 Å². The van der Waals surface area contributed by atoms with Gasteiger partial charge in [-0.15, -0.1) is 0 Å². The van der Waals surface area contributed by atoms with Gasteiger partial charge in [0.05, 0.1) is 25.7 Å². The lowest BCUT2D eigenvalue weighted by Gasteiger charge is -2.30. The Morgan fingerprint density at radius 3 is 2.18 bits per heavy atom. The Labute approximate surface area is 262 Å². The van der Waals surface area contributed by atoms with Gasteiger partial charge in [0.1, 0.15) is 12.1 Å². The van der Waals surface area contributed by atoms with Gasteiger partial charge in [-0.2, -0.15) is 4.72 Å². The number of guanidine groups is 1. The van der Waals surface area contributed by atoms with E-state index < -0.39 is 34.0 Å². The molecule has 5 N–H and O–H groups in total. The summed E-state index contributed by atoms with van der Waals surface area (Å²) < 4.78 is 45.8. The molecule has 45 heavy (non-hydrogen) atoms. The van der Waals surface area contributed by atoms with Crippen LogP contribution in [0.5, 0.6) is 11.5 Å². The Bertz CT molecular complexity index is 1590. The lowest BCUT2D eigenvalue weighted by Crippen LogP contribution is -2.53. The maximum atomic E-state index is 13.9. The molecule has 3 aromatic carbocycles. The summed E-state index contributed by atoms with van der Waals surface area (Å²) in [5.74, 6) is -0.369. The summed E-state index contributed by atoms with van der Waals surface area (Å²) in [4.78, 5) is 31.9. The van der Waals surface area contributed by atoms with Crippen molar-refractivity contribution in [1.29, 1.82) is 10.8 Å². The highest BCUT2D eigenvalue weighted by Crippen LogP contribution is 2.33. The van der Waals surface area contributed by atoms with Gasteiger partial charge in [0, 0.05) is 30.8 Å². The Balaban J connectivity index is 0.00000345. The largest absolute Gasteiger partial charge is 0.493 e. The fourth-order valence-corrected chi connectivity index (χ4v) is 5.82. The fourth-order valence-electron chi connectivity index (χ4n) is 4.57. The van der Waals surface area contributed by atoms with Crippen LogP contribution in [0, 0.1) is 10.8 Å². The minimum atomic E-state index is -4.20. The molecule has 0 fully saturated rings. The van der Waals surface area contributed by atoms with Gasteiger partial charge in [-0.05, 0) is 60.4 Å². The Kier molecular flexibility index (Phi) is 14.0. The van der Waals surface area contributed by atoms with Crippen LogP contribution in [0.1, 0.15) is 25.3 Å². The summed E-state index contributed by atoms with van der Waals surface area (Å²) in [6, 6.07) is 15.0. The van der Waals surface area contributed by atoms with Crippen molar-refractivity contribution in [3.8, 4) is 11.5 Å². The van der Waals surface area contributed by atoms with Gasteiger partial charge in [0.25, 0.3) is 0 Å². The number of aliphatic imine (C=N–C) groups is 1. The summed E-state index contributed by atoms with van der Waals surface area (Å²) in [5, 5.41) is 13.3. The number of sulfonamides is 1. The number of nitrogens with one attached hydrogen (secondary N) is 1. The molecule has 0 spiro atoms. The number of methoxy groups -OCH3 is 2. The number of nitrogens with two attached hydrogens (primary N) is 2. The van der Waals surface area contributed by atoms with E-state index in [0.29, 0.717) is 23.3 Å². The van der Waals surface area contributed by atoms with E-state index in [2.05, 4.69) is 9.71 Å². The highest BCUT2D eigenvalue weighted by atomic mass is 32.2. The van der Waals surface area contributed by atoms with Crippen molar-refractivity contribution in [3.63, 3.8) is 0 Å². The standard InChI is InChI=1S/C30H39N5O7S.N2/c1-5-42-29(37)25(16-20-10-7-6-8-11-20)35(2)28(36)24(12-9-15-33-30(31)32)34-43(38,39)23-14-13-21-18-26(40-3)27(41-4)19-22(21)17-23;1-2/h6-8,10-11,13-14,17-19,24-25,34H,5,9,12,15-16H2,1-4H3,(H4,31,32,33);/t24-,25-;/m0./s1. The summed E-state index contributed by atoms with van der Waals surface area (Å²) >= 11 is 0. The minimum absolute atomic E-state index is 0.0527. The van der Waals surface area contributed by atoms with Crippen molar-refractivity contribution in [2.24, 2.45) is 16.5 Å². The Hall–Kier alpha value is -4.94. The predicted molar refractivity (Wildman–Crippen MR) is 168 cm³/mol. The van der Waals surface area contributed by atoms with Gasteiger partial charge < -0.3 is 30.6 Å². The Morgan fingerprint density at radius 2 is 1.60 bits per heavy atom. The lowest BCUT2D eigenvalue weighted by atomic mass is 10.0. The predicted octanol–water partition coefficient (Wildman–Crippen LogP) is 2.22. The van der Waals surface area contributed by atoms with E-state index in [4.69, 9.17) is 36.5 Å².